The van der Waals surface area contributed by atoms with Crippen molar-refractivity contribution in [2.24, 2.45) is 0 Å². The zero-order chi connectivity index (χ0) is 25.3. The highest BCUT2D eigenvalue weighted by Crippen LogP contribution is 2.29. The molecular weight excluding hydrogens is 448 g/mol. The van der Waals surface area contributed by atoms with Crippen LogP contribution >= 0.6 is 0 Å². The van der Waals surface area contributed by atoms with Gasteiger partial charge in [0.05, 0.1) is 11.1 Å². The van der Waals surface area contributed by atoms with Gasteiger partial charge in [0.25, 0.3) is 0 Å². The number of benzene rings is 4. The van der Waals surface area contributed by atoms with Crippen LogP contribution in [0.2, 0.25) is 0 Å². The third-order valence-electron chi connectivity index (χ3n) is 5.92. The van der Waals surface area contributed by atoms with Gasteiger partial charge < -0.3 is 9.84 Å². The van der Waals surface area contributed by atoms with E-state index in [-0.39, 0.29) is 5.56 Å². The minimum absolute atomic E-state index is 0.248. The lowest BCUT2D eigenvalue weighted by molar-refractivity contribution is 0.0694. The molecule has 0 saturated heterocycles. The van der Waals surface area contributed by atoms with Gasteiger partial charge in [-0.05, 0) is 70.6 Å². The van der Waals surface area contributed by atoms with Crippen molar-refractivity contribution >= 4 is 18.0 Å². The second-order valence-corrected chi connectivity index (χ2v) is 8.51. The van der Waals surface area contributed by atoms with Crippen LogP contribution in [-0.4, -0.2) is 17.0 Å². The molecular formula is C32H28O4. The maximum atomic E-state index is 12.7. The van der Waals surface area contributed by atoms with Gasteiger partial charge >= 0.3 is 11.9 Å². The number of ether oxygens (including phenoxy) is 1. The molecule has 0 aromatic heterocycles. The van der Waals surface area contributed by atoms with E-state index in [0.29, 0.717) is 11.3 Å². The van der Waals surface area contributed by atoms with Crippen LogP contribution in [0.15, 0.2) is 103 Å². The van der Waals surface area contributed by atoms with Crippen molar-refractivity contribution in [3.63, 3.8) is 0 Å². The zero-order valence-corrected chi connectivity index (χ0v) is 20.2. The van der Waals surface area contributed by atoms with Crippen LogP contribution in [0.1, 0.15) is 52.5 Å². The number of rotatable bonds is 9. The highest BCUT2D eigenvalue weighted by atomic mass is 16.5. The summed E-state index contributed by atoms with van der Waals surface area (Å²) in [4.78, 5) is 24.1. The summed E-state index contributed by atoms with van der Waals surface area (Å²) in [6, 6.07) is 29.7. The molecule has 180 valence electrons. The van der Waals surface area contributed by atoms with Gasteiger partial charge in [0, 0.05) is 0 Å². The van der Waals surface area contributed by atoms with Crippen LogP contribution in [0.5, 0.6) is 5.75 Å². The summed E-state index contributed by atoms with van der Waals surface area (Å²) in [7, 11) is 0. The number of unbranched alkanes of at least 4 members (excludes halogenated alkanes) is 2. The van der Waals surface area contributed by atoms with E-state index >= 15 is 0 Å². The second-order valence-electron chi connectivity index (χ2n) is 8.51. The first kappa shape index (κ1) is 24.7. The highest BCUT2D eigenvalue weighted by molar-refractivity contribution is 5.92. The molecule has 1 N–H and O–H groups in total. The molecule has 0 unspecified atom stereocenters. The Balaban J connectivity index is 1.49. The lowest BCUT2D eigenvalue weighted by Crippen LogP contribution is -2.08. The minimum atomic E-state index is -0.955. The molecule has 0 radical (unpaired) electrons. The summed E-state index contributed by atoms with van der Waals surface area (Å²) in [5.74, 6) is -0.936. The molecule has 4 aromatic rings. The normalized spacial score (nSPS) is 10.9. The zero-order valence-electron chi connectivity index (χ0n) is 20.2. The van der Waals surface area contributed by atoms with Gasteiger partial charge in [-0.15, -0.1) is 0 Å². The summed E-state index contributed by atoms with van der Waals surface area (Å²) >= 11 is 0. The molecule has 0 aliphatic carbocycles. The summed E-state index contributed by atoms with van der Waals surface area (Å²) in [6.45, 7) is 2.14. The highest BCUT2D eigenvalue weighted by Gasteiger charge is 2.11. The summed E-state index contributed by atoms with van der Waals surface area (Å²) in [5.41, 5.74) is 5.51. The molecule has 0 saturated carbocycles. The predicted octanol–water partition coefficient (Wildman–Crippen LogP) is 8.14. The molecule has 0 heterocycles. The number of aromatic carboxylic acids is 1. The summed E-state index contributed by atoms with van der Waals surface area (Å²) < 4.78 is 5.58. The number of hydrogen-bond donors (Lipinski definition) is 1. The van der Waals surface area contributed by atoms with Gasteiger partial charge in [0.1, 0.15) is 5.75 Å². The van der Waals surface area contributed by atoms with Crippen LogP contribution in [0.3, 0.4) is 0 Å². The van der Waals surface area contributed by atoms with E-state index in [4.69, 9.17) is 4.74 Å². The Kier molecular flexibility index (Phi) is 8.09. The summed E-state index contributed by atoms with van der Waals surface area (Å²) in [5, 5.41) is 9.40. The lowest BCUT2D eigenvalue weighted by Gasteiger charge is -2.10. The Labute approximate surface area is 211 Å². The Morgan fingerprint density at radius 1 is 0.778 bits per heavy atom. The number of carboxylic acids is 1. The van der Waals surface area contributed by atoms with Crippen molar-refractivity contribution < 1.29 is 19.4 Å². The van der Waals surface area contributed by atoms with Gasteiger partial charge in [-0.25, -0.2) is 9.59 Å². The first-order valence-electron chi connectivity index (χ1n) is 12.1. The molecule has 0 bridgehead atoms. The molecule has 4 nitrogen and oxygen atoms in total. The first-order chi connectivity index (χ1) is 17.5. The first-order valence-corrected chi connectivity index (χ1v) is 12.1. The third kappa shape index (κ3) is 6.16. The van der Waals surface area contributed by atoms with Crippen molar-refractivity contribution in [1.29, 1.82) is 0 Å². The van der Waals surface area contributed by atoms with Crippen molar-refractivity contribution in [2.75, 3.05) is 0 Å². The van der Waals surface area contributed by atoms with Crippen LogP contribution in [0, 0.1) is 0 Å². The maximum Gasteiger partial charge on any atom is 0.343 e. The van der Waals surface area contributed by atoms with Crippen LogP contribution in [0.4, 0.5) is 0 Å². The van der Waals surface area contributed by atoms with Crippen molar-refractivity contribution in [3.8, 4) is 28.0 Å². The van der Waals surface area contributed by atoms with Crippen LogP contribution in [0.25, 0.3) is 28.3 Å². The maximum absolute atomic E-state index is 12.7. The second kappa shape index (κ2) is 11.8. The molecule has 0 atom stereocenters. The van der Waals surface area contributed by atoms with Crippen molar-refractivity contribution in [3.05, 3.63) is 120 Å². The molecule has 0 aliphatic heterocycles. The molecule has 36 heavy (non-hydrogen) atoms. The van der Waals surface area contributed by atoms with Gasteiger partial charge in [0.2, 0.25) is 0 Å². The average molecular weight is 477 g/mol. The van der Waals surface area contributed by atoms with Gasteiger partial charge in [-0.1, -0.05) is 92.6 Å². The molecule has 0 fully saturated rings. The average Bonchev–Trinajstić information content (AvgIpc) is 2.92. The fourth-order valence-electron chi connectivity index (χ4n) is 3.93. The Morgan fingerprint density at radius 3 is 2.08 bits per heavy atom. The lowest BCUT2D eigenvalue weighted by atomic mass is 9.96. The Bertz CT molecular complexity index is 1350. The number of carboxylic acid groups (broad SMARTS) is 1. The number of carbonyl (C=O) groups is 2. The smallest absolute Gasteiger partial charge is 0.343 e. The van der Waals surface area contributed by atoms with Crippen LogP contribution < -0.4 is 4.74 Å². The number of carbonyl (C=O) groups excluding carboxylic acids is 1. The summed E-state index contributed by atoms with van der Waals surface area (Å²) in [6.07, 6.45) is 7.18. The quantitative estimate of drug-likeness (QED) is 0.150. The SMILES string of the molecule is CCCCC=Cc1cc(C(=O)O)ccc1-c1ccc(OC(=O)c2ccc(-c3ccccc3)cc2)cc1. The molecule has 4 heteroatoms. The van der Waals surface area contributed by atoms with E-state index in [0.717, 1.165) is 47.1 Å². The van der Waals surface area contributed by atoms with E-state index in [1.165, 1.54) is 0 Å². The topological polar surface area (TPSA) is 63.6 Å². The number of hydrogen-bond acceptors (Lipinski definition) is 3. The minimum Gasteiger partial charge on any atom is -0.478 e. The van der Waals surface area contributed by atoms with E-state index in [9.17, 15) is 14.7 Å². The molecule has 4 rings (SSSR count). The third-order valence-corrected chi connectivity index (χ3v) is 5.92. The fourth-order valence-corrected chi connectivity index (χ4v) is 3.93. The fraction of sp³-hybridized carbons (Fsp3) is 0.125. The van der Waals surface area contributed by atoms with Gasteiger partial charge in [-0.2, -0.15) is 0 Å². The monoisotopic (exact) mass is 476 g/mol. The predicted molar refractivity (Wildman–Crippen MR) is 144 cm³/mol. The number of allylic oxidation sites excluding steroid dienone is 1. The molecule has 4 aromatic carbocycles. The van der Waals surface area contributed by atoms with Crippen molar-refractivity contribution in [2.45, 2.75) is 26.2 Å². The standard InChI is InChI=1S/C32H28O4/c1-2-3-4-6-11-27-22-28(31(33)34)18-21-30(27)25-16-19-29(20-17-25)36-32(35)26-14-12-24(13-15-26)23-9-7-5-8-10-23/h5-22H,2-4H2,1H3,(H,33,34). The largest absolute Gasteiger partial charge is 0.478 e. The molecule has 0 aliphatic rings. The van der Waals surface area contributed by atoms with E-state index in [1.807, 2.05) is 66.7 Å². The van der Waals surface area contributed by atoms with E-state index < -0.39 is 11.9 Å². The van der Waals surface area contributed by atoms with E-state index in [2.05, 4.69) is 13.0 Å². The molecule has 0 amide bonds. The Morgan fingerprint density at radius 2 is 1.42 bits per heavy atom. The van der Waals surface area contributed by atoms with E-state index in [1.54, 1.807) is 36.4 Å². The van der Waals surface area contributed by atoms with Crippen molar-refractivity contribution in [1.82, 2.24) is 0 Å². The van der Waals surface area contributed by atoms with Crippen LogP contribution in [-0.2, 0) is 0 Å². The molecule has 0 spiro atoms. The van der Waals surface area contributed by atoms with Gasteiger partial charge in [0.15, 0.2) is 0 Å². The Hall–Kier alpha value is -4.44. The number of esters is 1. The van der Waals surface area contributed by atoms with Gasteiger partial charge in [-0.3, -0.25) is 0 Å².